The van der Waals surface area contributed by atoms with Crippen molar-refractivity contribution in [3.63, 3.8) is 0 Å². The van der Waals surface area contributed by atoms with E-state index in [4.69, 9.17) is 33.2 Å². The van der Waals surface area contributed by atoms with E-state index >= 15 is 0 Å². The van der Waals surface area contributed by atoms with Gasteiger partial charge in [-0.05, 0) is 53.7 Å². The normalized spacial score (nSPS) is 26.3. The van der Waals surface area contributed by atoms with Crippen molar-refractivity contribution in [2.24, 2.45) is 11.8 Å². The second kappa shape index (κ2) is 19.9. The van der Waals surface area contributed by atoms with Gasteiger partial charge < -0.3 is 38.3 Å². The second-order valence-corrected chi connectivity index (χ2v) is 14.4. The van der Waals surface area contributed by atoms with Crippen LogP contribution in [0.4, 0.5) is 4.79 Å². The third-order valence-electron chi connectivity index (χ3n) is 10.2. The van der Waals surface area contributed by atoms with E-state index in [1.807, 2.05) is 105 Å². The van der Waals surface area contributed by atoms with E-state index < -0.39 is 60.8 Å². The molecule has 3 heterocycles. The fourth-order valence-corrected chi connectivity index (χ4v) is 7.17. The fraction of sp³-hybridized carbons (Fsp3) is 0.432. The average molecular weight is 770 g/mol. The van der Waals surface area contributed by atoms with Gasteiger partial charge in [0.25, 0.3) is 0 Å². The maximum Gasteiger partial charge on any atom is 0.416 e. The number of hydrogen-bond acceptors (Lipinski definition) is 11. The Labute approximate surface area is 327 Å². The quantitative estimate of drug-likeness (QED) is 0.173. The number of aliphatic hydroxyl groups is 1. The van der Waals surface area contributed by atoms with Gasteiger partial charge in [-0.2, -0.15) is 0 Å². The zero-order valence-electron chi connectivity index (χ0n) is 32.0. The van der Waals surface area contributed by atoms with Crippen LogP contribution >= 0.6 is 0 Å². The molecule has 0 bridgehead atoms. The number of nitrogens with zero attached hydrogens (tertiary/aromatic N) is 1. The lowest BCUT2D eigenvalue weighted by molar-refractivity contribution is -0.319. The third kappa shape index (κ3) is 10.2. The van der Waals surface area contributed by atoms with Crippen molar-refractivity contribution in [1.82, 2.24) is 4.90 Å². The van der Waals surface area contributed by atoms with Gasteiger partial charge in [0, 0.05) is 7.11 Å². The Morgan fingerprint density at radius 1 is 0.839 bits per heavy atom. The largest absolute Gasteiger partial charge is 0.482 e. The Bertz CT molecular complexity index is 1780. The first kappa shape index (κ1) is 41.0. The van der Waals surface area contributed by atoms with Crippen LogP contribution < -0.4 is 0 Å². The molecule has 12 nitrogen and oxygen atoms in total. The summed E-state index contributed by atoms with van der Waals surface area (Å²) in [6, 6.07) is 28.3. The highest BCUT2D eigenvalue weighted by Crippen LogP contribution is 2.32. The Hall–Kier alpha value is -4.69. The molecule has 0 radical (unpaired) electrons. The number of cyclic esters (lactones) is 1. The lowest BCUT2D eigenvalue weighted by Crippen LogP contribution is -2.61. The van der Waals surface area contributed by atoms with Gasteiger partial charge in [-0.15, -0.1) is 0 Å². The van der Waals surface area contributed by atoms with E-state index in [1.54, 1.807) is 12.2 Å². The average Bonchev–Trinajstić information content (AvgIpc) is 3.63. The molecule has 0 saturated carbocycles. The maximum atomic E-state index is 14.2. The predicted octanol–water partition coefficient (Wildman–Crippen LogP) is 5.57. The number of imide groups is 1. The van der Waals surface area contributed by atoms with E-state index in [0.29, 0.717) is 12.2 Å². The standard InChI is InChI=1S/C44H51NO11/c1-29(2)35-28-54-44(49)45(35)42(48)34(24-30-14-7-4-8-15-30)38-36(47)22-21-33(55-38)20-13-23-51-41-40(53-27-32-18-11-6-12-19-32)39(37(25-46)56-43(41)50-3)52-26-31-16-9-5-10-17-31/h4-12,14-22,29,34-35,37-41,43,46H,13,23-28H2,1-3H3. The van der Waals surface area contributed by atoms with Gasteiger partial charge in [-0.1, -0.05) is 105 Å². The molecule has 2 fully saturated rings. The SMILES string of the molecule is COC1OC(CO)C(OCc2ccccc2)C(OCc2ccccc2)C1OCCC=C1C=CC(=O)C(C(Cc2ccccc2)C(=O)N2C(=O)OCC2C(C)C)O1. The van der Waals surface area contributed by atoms with E-state index in [9.17, 15) is 19.5 Å². The topological polar surface area (TPSA) is 139 Å². The summed E-state index contributed by atoms with van der Waals surface area (Å²) in [7, 11) is 1.51. The van der Waals surface area contributed by atoms with Crippen LogP contribution in [-0.2, 0) is 62.4 Å². The minimum atomic E-state index is -1.17. The first-order valence-corrected chi connectivity index (χ1v) is 19.1. The monoisotopic (exact) mass is 769 g/mol. The van der Waals surface area contributed by atoms with Crippen LogP contribution in [0.15, 0.2) is 115 Å². The number of ketones is 1. The summed E-state index contributed by atoms with van der Waals surface area (Å²) in [5.74, 6) is -1.53. The Morgan fingerprint density at radius 2 is 1.45 bits per heavy atom. The van der Waals surface area contributed by atoms with Gasteiger partial charge in [0.2, 0.25) is 5.91 Å². The van der Waals surface area contributed by atoms with Crippen molar-refractivity contribution in [3.8, 4) is 0 Å². The molecule has 0 aromatic heterocycles. The van der Waals surface area contributed by atoms with Crippen LogP contribution in [0.5, 0.6) is 0 Å². The van der Waals surface area contributed by atoms with E-state index in [2.05, 4.69) is 0 Å². The number of methoxy groups -OCH3 is 1. The lowest BCUT2D eigenvalue weighted by Gasteiger charge is -2.45. The predicted molar refractivity (Wildman–Crippen MR) is 205 cm³/mol. The van der Waals surface area contributed by atoms with Gasteiger partial charge in [0.15, 0.2) is 18.2 Å². The summed E-state index contributed by atoms with van der Waals surface area (Å²) < 4.78 is 42.8. The number of rotatable bonds is 17. The van der Waals surface area contributed by atoms with Crippen LogP contribution in [0.1, 0.15) is 37.0 Å². The van der Waals surface area contributed by atoms with Crippen molar-refractivity contribution < 1.29 is 52.6 Å². The maximum absolute atomic E-state index is 14.2. The molecule has 3 aromatic carbocycles. The zero-order valence-corrected chi connectivity index (χ0v) is 32.0. The van der Waals surface area contributed by atoms with Gasteiger partial charge in [0.05, 0.1) is 38.4 Å². The highest BCUT2D eigenvalue weighted by molar-refractivity contribution is 6.02. The smallest absolute Gasteiger partial charge is 0.416 e. The molecule has 6 rings (SSSR count). The fourth-order valence-electron chi connectivity index (χ4n) is 7.17. The van der Waals surface area contributed by atoms with Crippen LogP contribution in [0.2, 0.25) is 0 Å². The highest BCUT2D eigenvalue weighted by Gasteiger charge is 2.49. The van der Waals surface area contributed by atoms with Crippen molar-refractivity contribution >= 4 is 17.8 Å². The minimum absolute atomic E-state index is 0.0445. The Balaban J connectivity index is 1.18. The molecule has 1 N–H and O–H groups in total. The zero-order chi connectivity index (χ0) is 39.4. The number of allylic oxidation sites excluding steroid dienone is 1. The molecule has 8 atom stereocenters. The van der Waals surface area contributed by atoms with Crippen LogP contribution in [0.25, 0.3) is 0 Å². The van der Waals surface area contributed by atoms with Gasteiger partial charge in [0.1, 0.15) is 36.8 Å². The third-order valence-corrected chi connectivity index (χ3v) is 10.2. The molecule has 3 aromatic rings. The van der Waals surface area contributed by atoms with E-state index in [0.717, 1.165) is 21.6 Å². The lowest BCUT2D eigenvalue weighted by atomic mass is 9.88. The van der Waals surface area contributed by atoms with Crippen molar-refractivity contribution in [1.29, 1.82) is 0 Å². The number of amides is 2. The molecular weight excluding hydrogens is 718 g/mol. The number of aliphatic hydroxyl groups excluding tert-OH is 1. The summed E-state index contributed by atoms with van der Waals surface area (Å²) in [6.07, 6.45) is -0.347. The number of benzene rings is 3. The first-order chi connectivity index (χ1) is 27.3. The molecule has 8 unspecified atom stereocenters. The van der Waals surface area contributed by atoms with E-state index in [-0.39, 0.29) is 51.2 Å². The van der Waals surface area contributed by atoms with Crippen LogP contribution in [-0.4, -0.2) is 97.6 Å². The molecule has 2 saturated heterocycles. The molecule has 3 aliphatic heterocycles. The van der Waals surface area contributed by atoms with Crippen molar-refractivity contribution in [3.05, 3.63) is 132 Å². The van der Waals surface area contributed by atoms with Gasteiger partial charge in [-0.25, -0.2) is 9.69 Å². The summed E-state index contributed by atoms with van der Waals surface area (Å²) in [4.78, 5) is 41.5. The Kier molecular flexibility index (Phi) is 14.6. The molecule has 0 spiro atoms. The van der Waals surface area contributed by atoms with Crippen LogP contribution in [0.3, 0.4) is 0 Å². The van der Waals surface area contributed by atoms with Gasteiger partial charge in [-0.3, -0.25) is 9.59 Å². The molecule has 298 valence electrons. The second-order valence-electron chi connectivity index (χ2n) is 14.4. The molecule has 12 heteroatoms. The first-order valence-electron chi connectivity index (χ1n) is 19.1. The minimum Gasteiger partial charge on any atom is -0.482 e. The number of ether oxygens (including phenoxy) is 7. The van der Waals surface area contributed by atoms with Crippen molar-refractivity contribution in [2.75, 3.05) is 26.9 Å². The molecule has 0 aliphatic carbocycles. The number of carbonyl (C=O) groups is 3. The Morgan fingerprint density at radius 3 is 2.04 bits per heavy atom. The van der Waals surface area contributed by atoms with Crippen LogP contribution in [0, 0.1) is 11.8 Å². The summed E-state index contributed by atoms with van der Waals surface area (Å²) in [5.41, 5.74) is 2.73. The van der Waals surface area contributed by atoms with Crippen molar-refractivity contribution in [2.45, 2.75) is 82.8 Å². The molecule has 3 aliphatic rings. The summed E-state index contributed by atoms with van der Waals surface area (Å²) in [6.45, 7) is 4.32. The molecule has 2 amide bonds. The summed E-state index contributed by atoms with van der Waals surface area (Å²) >= 11 is 0. The highest BCUT2D eigenvalue weighted by atomic mass is 16.7. The molecule has 56 heavy (non-hydrogen) atoms. The number of carbonyl (C=O) groups excluding carboxylic acids is 3. The van der Waals surface area contributed by atoms with E-state index in [1.165, 1.54) is 13.2 Å². The molecular formula is C44H51NO11. The number of hydrogen-bond donors (Lipinski definition) is 1. The van der Waals surface area contributed by atoms with Gasteiger partial charge >= 0.3 is 6.09 Å². The summed E-state index contributed by atoms with van der Waals surface area (Å²) in [5, 5.41) is 10.4.